The number of rotatable bonds is 2. The highest BCUT2D eigenvalue weighted by atomic mass is 32.1. The van der Waals surface area contributed by atoms with Gasteiger partial charge in [-0.1, -0.05) is 12.1 Å². The van der Waals surface area contributed by atoms with Crippen molar-refractivity contribution < 1.29 is 4.92 Å². The second kappa shape index (κ2) is 4.23. The first-order chi connectivity index (χ1) is 8.11. The summed E-state index contributed by atoms with van der Waals surface area (Å²) in [6.07, 6.45) is 0. The Morgan fingerprint density at radius 1 is 1.41 bits per heavy atom. The highest BCUT2D eigenvalue weighted by molar-refractivity contribution is 7.16. The zero-order valence-corrected chi connectivity index (χ0v) is 9.40. The monoisotopic (exact) mass is 245 g/mol. The fraction of sp³-hybridized carbons (Fsp3) is 0. The molecule has 0 aliphatic heterocycles. The lowest BCUT2D eigenvalue weighted by Gasteiger charge is -1.96. The van der Waals surface area contributed by atoms with Gasteiger partial charge in [0, 0.05) is 17.0 Å². The van der Waals surface area contributed by atoms with Crippen LogP contribution >= 0.6 is 11.3 Å². The zero-order chi connectivity index (χ0) is 12.4. The number of nitrogens with two attached hydrogens (primary N) is 1. The fourth-order valence-corrected chi connectivity index (χ4v) is 2.28. The summed E-state index contributed by atoms with van der Waals surface area (Å²) in [6, 6.07) is 9.88. The molecule has 84 valence electrons. The Morgan fingerprint density at radius 3 is 2.76 bits per heavy atom. The van der Waals surface area contributed by atoms with Crippen molar-refractivity contribution in [3.63, 3.8) is 0 Å². The molecule has 0 amide bonds. The van der Waals surface area contributed by atoms with Gasteiger partial charge in [-0.15, -0.1) is 11.3 Å². The van der Waals surface area contributed by atoms with Crippen molar-refractivity contribution in [3.8, 4) is 16.5 Å². The smallest absolute Gasteiger partial charge is 0.270 e. The van der Waals surface area contributed by atoms with Crippen LogP contribution in [0.5, 0.6) is 0 Å². The van der Waals surface area contributed by atoms with Crippen LogP contribution in [0.4, 0.5) is 11.4 Å². The first-order valence-corrected chi connectivity index (χ1v) is 5.47. The highest BCUT2D eigenvalue weighted by Gasteiger charge is 2.11. The number of nitrogens with zero attached hydrogens (tertiary/aromatic N) is 2. The van der Waals surface area contributed by atoms with Crippen molar-refractivity contribution in [1.29, 1.82) is 5.26 Å². The quantitative estimate of drug-likeness (QED) is 0.650. The maximum atomic E-state index is 10.6. The maximum absolute atomic E-state index is 10.6. The maximum Gasteiger partial charge on any atom is 0.270 e. The Morgan fingerprint density at radius 2 is 2.18 bits per heavy atom. The molecule has 0 bridgehead atoms. The Balaban J connectivity index is 2.50. The highest BCUT2D eigenvalue weighted by Crippen LogP contribution is 2.33. The van der Waals surface area contributed by atoms with Crippen LogP contribution in [0.15, 0.2) is 30.3 Å². The van der Waals surface area contributed by atoms with Gasteiger partial charge in [-0.05, 0) is 11.6 Å². The number of hydrogen-bond donors (Lipinski definition) is 1. The molecule has 2 rings (SSSR count). The van der Waals surface area contributed by atoms with Gasteiger partial charge < -0.3 is 5.73 Å². The third-order valence-electron chi connectivity index (χ3n) is 2.20. The number of non-ortho nitro benzene ring substituents is 1. The lowest BCUT2D eigenvalue weighted by Crippen LogP contribution is -1.87. The summed E-state index contributed by atoms with van der Waals surface area (Å²) < 4.78 is 0. The summed E-state index contributed by atoms with van der Waals surface area (Å²) in [5.74, 6) is 0. The van der Waals surface area contributed by atoms with E-state index in [1.54, 1.807) is 18.2 Å². The summed E-state index contributed by atoms with van der Waals surface area (Å²) in [5.41, 5.74) is 6.76. The van der Waals surface area contributed by atoms with E-state index in [9.17, 15) is 10.1 Å². The molecule has 1 aromatic heterocycles. The number of nitrogen functional groups attached to an aromatic ring is 1. The molecule has 0 fully saturated rings. The Kier molecular flexibility index (Phi) is 2.77. The standard InChI is InChI=1S/C11H7N3O2S/c12-6-11-9(13)5-10(17-11)7-2-1-3-8(4-7)14(15)16/h1-5H,13H2. The van der Waals surface area contributed by atoms with E-state index >= 15 is 0 Å². The summed E-state index contributed by atoms with van der Waals surface area (Å²) >= 11 is 1.22. The lowest BCUT2D eigenvalue weighted by molar-refractivity contribution is -0.384. The lowest BCUT2D eigenvalue weighted by atomic mass is 10.1. The van der Waals surface area contributed by atoms with Gasteiger partial charge in [0.2, 0.25) is 0 Å². The molecule has 6 heteroatoms. The number of hydrogen-bond acceptors (Lipinski definition) is 5. The van der Waals surface area contributed by atoms with Crippen molar-refractivity contribution in [3.05, 3.63) is 45.3 Å². The average molecular weight is 245 g/mol. The van der Waals surface area contributed by atoms with Crippen LogP contribution in [0, 0.1) is 21.4 Å². The largest absolute Gasteiger partial charge is 0.397 e. The summed E-state index contributed by atoms with van der Waals surface area (Å²) in [5, 5.41) is 19.4. The molecule has 17 heavy (non-hydrogen) atoms. The molecule has 0 atom stereocenters. The molecule has 1 aromatic carbocycles. The van der Waals surface area contributed by atoms with Crippen molar-refractivity contribution in [2.45, 2.75) is 0 Å². The van der Waals surface area contributed by atoms with E-state index in [4.69, 9.17) is 11.0 Å². The van der Waals surface area contributed by atoms with Crippen molar-refractivity contribution in [2.24, 2.45) is 0 Å². The SMILES string of the molecule is N#Cc1sc(-c2cccc([N+](=O)[O-])c2)cc1N. The minimum atomic E-state index is -0.453. The van der Waals surface area contributed by atoms with Crippen LogP contribution < -0.4 is 5.73 Å². The normalized spacial score (nSPS) is 9.82. The molecule has 2 N–H and O–H groups in total. The Bertz CT molecular complexity index is 628. The third kappa shape index (κ3) is 2.09. The number of nitro groups is 1. The molecule has 0 saturated heterocycles. The Hall–Kier alpha value is -2.39. The minimum Gasteiger partial charge on any atom is -0.397 e. The zero-order valence-electron chi connectivity index (χ0n) is 8.58. The first kappa shape index (κ1) is 11.1. The molecular formula is C11H7N3O2S. The molecule has 2 aromatic rings. The molecule has 0 aliphatic rings. The summed E-state index contributed by atoms with van der Waals surface area (Å²) in [6.45, 7) is 0. The van der Waals surface area contributed by atoms with E-state index in [1.807, 2.05) is 6.07 Å². The van der Waals surface area contributed by atoms with Crippen molar-refractivity contribution in [2.75, 3.05) is 5.73 Å². The van der Waals surface area contributed by atoms with Gasteiger partial charge in [0.15, 0.2) is 0 Å². The summed E-state index contributed by atoms with van der Waals surface area (Å²) in [7, 11) is 0. The third-order valence-corrected chi connectivity index (χ3v) is 3.31. The van der Waals surface area contributed by atoms with Gasteiger partial charge in [-0.25, -0.2) is 0 Å². The van der Waals surface area contributed by atoms with Crippen LogP contribution in [0.25, 0.3) is 10.4 Å². The van der Waals surface area contributed by atoms with E-state index in [0.717, 1.165) is 4.88 Å². The van der Waals surface area contributed by atoms with E-state index in [0.29, 0.717) is 16.1 Å². The topological polar surface area (TPSA) is 92.9 Å². The van der Waals surface area contributed by atoms with Crippen LogP contribution in [-0.4, -0.2) is 4.92 Å². The van der Waals surface area contributed by atoms with Crippen LogP contribution in [0.2, 0.25) is 0 Å². The van der Waals surface area contributed by atoms with Crippen LogP contribution in [0.3, 0.4) is 0 Å². The minimum absolute atomic E-state index is 0.0213. The number of nitro benzene ring substituents is 1. The molecule has 0 radical (unpaired) electrons. The average Bonchev–Trinajstić information content (AvgIpc) is 2.71. The summed E-state index contributed by atoms with van der Waals surface area (Å²) in [4.78, 5) is 11.4. The van der Waals surface area contributed by atoms with E-state index in [-0.39, 0.29) is 5.69 Å². The van der Waals surface area contributed by atoms with E-state index in [2.05, 4.69) is 0 Å². The van der Waals surface area contributed by atoms with Gasteiger partial charge in [-0.3, -0.25) is 10.1 Å². The van der Waals surface area contributed by atoms with E-state index < -0.39 is 4.92 Å². The molecule has 0 saturated carbocycles. The molecule has 5 nitrogen and oxygen atoms in total. The molecule has 1 heterocycles. The first-order valence-electron chi connectivity index (χ1n) is 4.66. The van der Waals surface area contributed by atoms with E-state index in [1.165, 1.54) is 23.5 Å². The van der Waals surface area contributed by atoms with Gasteiger partial charge in [0.1, 0.15) is 10.9 Å². The van der Waals surface area contributed by atoms with Gasteiger partial charge in [-0.2, -0.15) is 5.26 Å². The van der Waals surface area contributed by atoms with Crippen LogP contribution in [-0.2, 0) is 0 Å². The Labute approximate surface area is 101 Å². The molecule has 0 spiro atoms. The predicted octanol–water partition coefficient (Wildman–Crippen LogP) is 2.78. The van der Waals surface area contributed by atoms with Crippen LogP contribution in [0.1, 0.15) is 4.88 Å². The van der Waals surface area contributed by atoms with Gasteiger partial charge >= 0.3 is 0 Å². The van der Waals surface area contributed by atoms with Crippen molar-refractivity contribution in [1.82, 2.24) is 0 Å². The number of nitriles is 1. The number of benzene rings is 1. The second-order valence-corrected chi connectivity index (χ2v) is 4.37. The number of thiophene rings is 1. The van der Waals surface area contributed by atoms with Gasteiger partial charge in [0.25, 0.3) is 5.69 Å². The second-order valence-electron chi connectivity index (χ2n) is 3.31. The molecular weight excluding hydrogens is 238 g/mol. The fourth-order valence-electron chi connectivity index (χ4n) is 1.41. The van der Waals surface area contributed by atoms with Crippen molar-refractivity contribution >= 4 is 22.7 Å². The predicted molar refractivity (Wildman–Crippen MR) is 65.5 cm³/mol. The molecule has 0 unspecified atom stereocenters. The van der Waals surface area contributed by atoms with Gasteiger partial charge in [0.05, 0.1) is 10.6 Å². The number of anilines is 1. The molecule has 0 aliphatic carbocycles.